The summed E-state index contributed by atoms with van der Waals surface area (Å²) >= 11 is 0. The van der Waals surface area contributed by atoms with Crippen LogP contribution < -0.4 is 14.8 Å². The van der Waals surface area contributed by atoms with E-state index in [1.165, 1.54) is 25.0 Å². The van der Waals surface area contributed by atoms with Gasteiger partial charge in [-0.25, -0.2) is 9.18 Å². The van der Waals surface area contributed by atoms with Crippen LogP contribution in [-0.2, 0) is 27.5 Å². The zero-order valence-electron chi connectivity index (χ0n) is 37.3. The van der Waals surface area contributed by atoms with Crippen molar-refractivity contribution in [2.24, 2.45) is 28.8 Å². The molecule has 11 nitrogen and oxygen atoms in total. The van der Waals surface area contributed by atoms with Crippen molar-refractivity contribution in [2.45, 2.75) is 121 Å². The molecule has 0 aromatic heterocycles. The number of halogens is 1. The number of rotatable bonds is 22. The summed E-state index contributed by atoms with van der Waals surface area (Å²) in [6.07, 6.45) is 13.7. The number of amides is 2. The van der Waals surface area contributed by atoms with Crippen molar-refractivity contribution in [3.05, 3.63) is 120 Å². The predicted octanol–water partition coefficient (Wildman–Crippen LogP) is 9.77. The first-order valence-electron chi connectivity index (χ1n) is 23.5. The molecule has 6 unspecified atom stereocenters. The van der Waals surface area contributed by atoms with Crippen LogP contribution >= 0.6 is 0 Å². The number of aliphatic hydroxyl groups excluding tert-OH is 2. The number of oxime groups is 1. The topological polar surface area (TPSA) is 139 Å². The number of hydrogen-bond donors (Lipinski definition) is 3. The molecule has 3 N–H and O–H groups in total. The van der Waals surface area contributed by atoms with E-state index >= 15 is 4.79 Å². The first-order chi connectivity index (χ1) is 31.3. The zero-order valence-corrected chi connectivity index (χ0v) is 37.3. The van der Waals surface area contributed by atoms with Gasteiger partial charge in [-0.3, -0.25) is 4.79 Å². The number of carbonyl (C=O) groups excluding carboxylic acids is 2. The summed E-state index contributed by atoms with van der Waals surface area (Å²) in [5, 5.41) is 27.6. The molecule has 344 valence electrons. The van der Waals surface area contributed by atoms with E-state index in [2.05, 4.69) is 18.0 Å². The number of carbonyl (C=O) groups is 2. The van der Waals surface area contributed by atoms with Crippen molar-refractivity contribution in [3.8, 4) is 11.5 Å². The number of fused-ring (bicyclic) bond motifs is 2. The molecule has 0 saturated heterocycles. The van der Waals surface area contributed by atoms with Gasteiger partial charge in [0, 0.05) is 50.6 Å². The maximum atomic E-state index is 15.1. The van der Waals surface area contributed by atoms with Crippen LogP contribution in [0.15, 0.2) is 102 Å². The van der Waals surface area contributed by atoms with Crippen molar-refractivity contribution in [1.82, 2.24) is 10.2 Å². The molecule has 3 aromatic carbocycles. The van der Waals surface area contributed by atoms with E-state index in [0.717, 1.165) is 67.2 Å². The number of ether oxygens (including phenoxy) is 3. The zero-order chi connectivity index (χ0) is 44.9. The molecule has 2 saturated carbocycles. The standard InChI is InChI=1S/C52H66FN3O8/c1-3-30-61-52-47(56(34-37-20-23-40(53)24-21-37)48(59)27-22-36-14-8-9-15-36)33-45(55-62-35-38-16-6-5-7-17-38)43-31-39(18-10-12-28-57)42(19-11-13-29-58)49(50(43)52)44-32-41(25-26-46(44)64-52)63-51(60)54-4-2/h3,5-7,16-17,20-21,23-26,31-32,36,39,42,47,49-50,57-58H,1,4,8-15,18-19,22,27-30,33-35H2,2H3,(H,54,60). The molecule has 0 spiro atoms. The number of allylic oxidation sites excluding steroid dienone is 1. The molecule has 0 bridgehead atoms. The molecule has 1 aliphatic heterocycles. The van der Waals surface area contributed by atoms with Gasteiger partial charge in [0.05, 0.1) is 18.2 Å². The Hall–Kier alpha value is -5.04. The van der Waals surface area contributed by atoms with Crippen LogP contribution in [0.4, 0.5) is 9.18 Å². The van der Waals surface area contributed by atoms with Gasteiger partial charge in [0.25, 0.3) is 0 Å². The van der Waals surface area contributed by atoms with Gasteiger partial charge in [-0.2, -0.15) is 0 Å². The Morgan fingerprint density at radius 1 is 0.969 bits per heavy atom. The highest BCUT2D eigenvalue weighted by Gasteiger charge is 2.65. The van der Waals surface area contributed by atoms with E-state index in [4.69, 9.17) is 24.2 Å². The summed E-state index contributed by atoms with van der Waals surface area (Å²) in [5.41, 5.74) is 4.16. The quantitative estimate of drug-likeness (QED) is 0.0515. The molecule has 2 amide bonds. The Labute approximate surface area is 377 Å². The second kappa shape index (κ2) is 22.7. The van der Waals surface area contributed by atoms with Gasteiger partial charge in [-0.15, -0.1) is 6.58 Å². The Kier molecular flexibility index (Phi) is 16.7. The highest BCUT2D eigenvalue weighted by molar-refractivity contribution is 6.03. The predicted molar refractivity (Wildman–Crippen MR) is 244 cm³/mol. The molecule has 0 radical (unpaired) electrons. The third-order valence-electron chi connectivity index (χ3n) is 13.6. The van der Waals surface area contributed by atoms with Crippen LogP contribution in [0.3, 0.4) is 0 Å². The van der Waals surface area contributed by atoms with Crippen molar-refractivity contribution in [2.75, 3.05) is 26.4 Å². The van der Waals surface area contributed by atoms with Gasteiger partial charge < -0.3 is 39.5 Å². The maximum absolute atomic E-state index is 15.1. The second-order valence-electron chi connectivity index (χ2n) is 17.8. The first-order valence-corrected chi connectivity index (χ1v) is 23.5. The average Bonchev–Trinajstić information content (AvgIpc) is 3.83. The molecular formula is C52H66FN3O8. The lowest BCUT2D eigenvalue weighted by atomic mass is 9.55. The molecule has 3 aromatic rings. The van der Waals surface area contributed by atoms with Crippen LogP contribution in [0.25, 0.3) is 0 Å². The number of aliphatic hydroxyl groups is 2. The molecule has 7 rings (SSSR count). The lowest BCUT2D eigenvalue weighted by Gasteiger charge is -2.60. The number of hydrogen-bond acceptors (Lipinski definition) is 9. The van der Waals surface area contributed by atoms with E-state index in [-0.39, 0.29) is 68.9 Å². The highest BCUT2D eigenvalue weighted by atomic mass is 19.1. The summed E-state index contributed by atoms with van der Waals surface area (Å²) < 4.78 is 34.8. The van der Waals surface area contributed by atoms with E-state index in [1.807, 2.05) is 54.3 Å². The van der Waals surface area contributed by atoms with Gasteiger partial charge in [0.2, 0.25) is 11.7 Å². The Balaban J connectivity index is 1.44. The molecular weight excluding hydrogens is 814 g/mol. The Morgan fingerprint density at radius 3 is 2.44 bits per heavy atom. The molecule has 1 heterocycles. The van der Waals surface area contributed by atoms with E-state index < -0.39 is 23.8 Å². The van der Waals surface area contributed by atoms with Crippen LogP contribution in [0.5, 0.6) is 11.5 Å². The lowest BCUT2D eigenvalue weighted by molar-refractivity contribution is -0.258. The number of benzene rings is 3. The van der Waals surface area contributed by atoms with E-state index in [0.29, 0.717) is 48.9 Å². The SMILES string of the molecule is C=CCOC12Oc3ccc(OC(=O)NCC)cc3C3C(CCCCO)C(CCCCO)C=C(C(=NOCc4ccccc4)CC1N(Cc1ccc(F)cc1)C(=O)CCC1CCCC1)C32. The Morgan fingerprint density at radius 2 is 1.72 bits per heavy atom. The molecule has 6 atom stereocenters. The third kappa shape index (κ3) is 11.1. The minimum atomic E-state index is -1.47. The fourth-order valence-electron chi connectivity index (χ4n) is 10.7. The summed E-state index contributed by atoms with van der Waals surface area (Å²) in [7, 11) is 0. The maximum Gasteiger partial charge on any atom is 0.412 e. The normalized spacial score (nSPS) is 24.2. The fourth-order valence-corrected chi connectivity index (χ4v) is 10.7. The van der Waals surface area contributed by atoms with Gasteiger partial charge in [-0.1, -0.05) is 98.3 Å². The fraction of sp³-hybridized carbons (Fsp3) is 0.519. The minimum absolute atomic E-state index is 0.0121. The Bertz CT molecular complexity index is 2070. The van der Waals surface area contributed by atoms with E-state index in [1.54, 1.807) is 24.3 Å². The molecule has 2 fully saturated rings. The van der Waals surface area contributed by atoms with Crippen LogP contribution in [0, 0.1) is 29.5 Å². The van der Waals surface area contributed by atoms with Crippen LogP contribution in [-0.4, -0.2) is 71.0 Å². The summed E-state index contributed by atoms with van der Waals surface area (Å²) in [4.78, 5) is 36.1. The summed E-state index contributed by atoms with van der Waals surface area (Å²) in [6, 6.07) is 20.9. The van der Waals surface area contributed by atoms with E-state index in [9.17, 15) is 19.4 Å². The molecule has 12 heteroatoms. The number of nitrogens with zero attached hydrogens (tertiary/aromatic N) is 2. The largest absolute Gasteiger partial charge is 0.459 e. The smallest absolute Gasteiger partial charge is 0.412 e. The molecule has 4 aliphatic rings. The third-order valence-corrected chi connectivity index (χ3v) is 13.6. The van der Waals surface area contributed by atoms with Crippen molar-refractivity contribution in [1.29, 1.82) is 0 Å². The van der Waals surface area contributed by atoms with Crippen LogP contribution in [0.2, 0.25) is 0 Å². The van der Waals surface area contributed by atoms with Crippen molar-refractivity contribution >= 4 is 17.7 Å². The second-order valence-corrected chi connectivity index (χ2v) is 17.8. The van der Waals surface area contributed by atoms with Crippen molar-refractivity contribution < 1.29 is 43.2 Å². The first kappa shape index (κ1) is 46.9. The van der Waals surface area contributed by atoms with Gasteiger partial charge in [-0.05, 0) is 104 Å². The van der Waals surface area contributed by atoms with Gasteiger partial charge in [0.15, 0.2) is 0 Å². The van der Waals surface area contributed by atoms with Gasteiger partial charge in [0.1, 0.15) is 30.0 Å². The lowest BCUT2D eigenvalue weighted by Crippen LogP contribution is -2.70. The number of unbranched alkanes of at least 4 members (excludes halogenated alkanes) is 2. The molecule has 64 heavy (non-hydrogen) atoms. The van der Waals surface area contributed by atoms with Gasteiger partial charge >= 0.3 is 6.09 Å². The van der Waals surface area contributed by atoms with Crippen molar-refractivity contribution in [3.63, 3.8) is 0 Å². The highest BCUT2D eigenvalue weighted by Crippen LogP contribution is 2.62. The number of nitrogens with one attached hydrogen (secondary N) is 1. The monoisotopic (exact) mass is 879 g/mol. The van der Waals surface area contributed by atoms with Crippen LogP contribution in [0.1, 0.15) is 113 Å². The molecule has 3 aliphatic carbocycles. The summed E-state index contributed by atoms with van der Waals surface area (Å²) in [5.74, 6) is -1.30. The average molecular weight is 880 g/mol. The minimum Gasteiger partial charge on any atom is -0.459 e. The summed E-state index contributed by atoms with van der Waals surface area (Å²) in [6.45, 7) is 6.97.